The fourth-order valence-electron chi connectivity index (χ4n) is 2.45. The Morgan fingerprint density at radius 2 is 2.50 bits per heavy atom. The van der Waals surface area contributed by atoms with Gasteiger partial charge in [0, 0.05) is 6.42 Å². The largest absolute Gasteiger partial charge is 0.388 e. The fraction of sp³-hybridized carbons (Fsp3) is 0.545. The molecule has 0 spiro atoms. The van der Waals surface area contributed by atoms with Crippen molar-refractivity contribution in [1.82, 2.24) is 19.5 Å². The van der Waals surface area contributed by atoms with E-state index in [1.54, 1.807) is 4.57 Å². The van der Waals surface area contributed by atoms with Crippen molar-refractivity contribution in [2.75, 3.05) is 18.7 Å². The van der Waals surface area contributed by atoms with Crippen LogP contribution in [0.3, 0.4) is 0 Å². The van der Waals surface area contributed by atoms with Crippen LogP contribution in [0.25, 0.3) is 11.2 Å². The highest BCUT2D eigenvalue weighted by Gasteiger charge is 2.36. The van der Waals surface area contributed by atoms with Crippen molar-refractivity contribution in [3.05, 3.63) is 11.1 Å². The minimum absolute atomic E-state index is 0.0846. The first-order valence-corrected chi connectivity index (χ1v) is 7.93. The molecule has 0 aliphatic carbocycles. The van der Waals surface area contributed by atoms with Crippen LogP contribution >= 0.6 is 20.7 Å². The highest BCUT2D eigenvalue weighted by molar-refractivity contribution is 7.71. The molecule has 1 saturated heterocycles. The van der Waals surface area contributed by atoms with Crippen molar-refractivity contribution in [3.8, 4) is 0 Å². The smallest absolute Gasteiger partial charge is 0.200 e. The second kappa shape index (κ2) is 6.35. The van der Waals surface area contributed by atoms with Crippen LogP contribution in [-0.4, -0.2) is 49.8 Å². The number of aromatic nitrogens is 4. The number of rotatable bonds is 5. The predicted octanol–water partition coefficient (Wildman–Crippen LogP) is 0.985. The van der Waals surface area contributed by atoms with E-state index >= 15 is 0 Å². The Labute approximate surface area is 131 Å². The van der Waals surface area contributed by atoms with Crippen LogP contribution in [0.5, 0.6) is 0 Å². The van der Waals surface area contributed by atoms with Crippen LogP contribution in [0.15, 0.2) is 6.33 Å². The van der Waals surface area contributed by atoms with Gasteiger partial charge in [0.1, 0.15) is 23.8 Å². The zero-order valence-electron chi connectivity index (χ0n) is 11.4. The standard InChI is InChI=1S/C11H14N5O4PS/c12-8-7-9(15-11(22)14-8)16(3-13-7)10-6(17)1-5(20-10)2-19-4-21-18/h3,5-6,10,17H,1-2,4H2,(H3,12,14,15,22). The molecule has 0 saturated carbocycles. The van der Waals surface area contributed by atoms with Crippen LogP contribution in [0, 0.1) is 4.77 Å². The van der Waals surface area contributed by atoms with Gasteiger partial charge < -0.3 is 25.3 Å². The Kier molecular flexibility index (Phi) is 4.46. The lowest BCUT2D eigenvalue weighted by Gasteiger charge is -2.16. The molecule has 3 atom stereocenters. The number of nitrogens with one attached hydrogen (secondary N) is 1. The van der Waals surface area contributed by atoms with Gasteiger partial charge in [-0.1, -0.05) is 0 Å². The predicted molar refractivity (Wildman–Crippen MR) is 80.1 cm³/mol. The number of aliphatic hydroxyl groups is 1. The average Bonchev–Trinajstić information content (AvgIpc) is 3.03. The molecule has 3 unspecified atom stereocenters. The van der Waals surface area contributed by atoms with Crippen LogP contribution in [0.1, 0.15) is 12.6 Å². The summed E-state index contributed by atoms with van der Waals surface area (Å²) >= 11 is 5.01. The number of nitrogen functional groups attached to an aromatic ring is 1. The lowest BCUT2D eigenvalue weighted by atomic mass is 10.2. The molecule has 4 N–H and O–H groups in total. The van der Waals surface area contributed by atoms with E-state index in [0.717, 1.165) is 0 Å². The first kappa shape index (κ1) is 15.4. The first-order chi connectivity index (χ1) is 10.6. The highest BCUT2D eigenvalue weighted by atomic mass is 32.1. The topological polar surface area (TPSA) is 128 Å². The first-order valence-electron chi connectivity index (χ1n) is 6.53. The molecule has 11 heteroatoms. The number of ether oxygens (including phenoxy) is 2. The van der Waals surface area contributed by atoms with E-state index < -0.39 is 12.3 Å². The molecule has 1 fully saturated rings. The third-order valence-electron chi connectivity index (χ3n) is 3.36. The maximum absolute atomic E-state index is 10.3. The number of hydrogen-bond donors (Lipinski definition) is 3. The quantitative estimate of drug-likeness (QED) is 0.416. The molecule has 118 valence electrons. The molecule has 3 rings (SSSR count). The van der Waals surface area contributed by atoms with Gasteiger partial charge in [-0.2, -0.15) is 4.98 Å². The number of H-pyrrole nitrogens is 1. The van der Waals surface area contributed by atoms with Gasteiger partial charge >= 0.3 is 0 Å². The molecule has 1 aliphatic rings. The van der Waals surface area contributed by atoms with E-state index in [9.17, 15) is 9.67 Å². The van der Waals surface area contributed by atoms with Gasteiger partial charge in [0.25, 0.3) is 0 Å². The third-order valence-corrected chi connectivity index (χ3v) is 3.84. The van der Waals surface area contributed by atoms with E-state index in [2.05, 4.69) is 15.0 Å². The zero-order valence-corrected chi connectivity index (χ0v) is 13.1. The molecule has 0 radical (unpaired) electrons. The minimum atomic E-state index is -0.739. The van der Waals surface area contributed by atoms with Crippen LogP contribution in [0.4, 0.5) is 5.82 Å². The van der Waals surface area contributed by atoms with Crippen molar-refractivity contribution in [2.45, 2.75) is 24.9 Å². The number of fused-ring (bicyclic) bond motifs is 1. The number of aromatic amines is 1. The van der Waals surface area contributed by atoms with Gasteiger partial charge in [-0.15, -0.1) is 0 Å². The average molecular weight is 343 g/mol. The Balaban J connectivity index is 1.85. The number of nitrogens with two attached hydrogens (primary N) is 1. The number of aliphatic hydroxyl groups excluding tert-OH is 1. The van der Waals surface area contributed by atoms with Gasteiger partial charge in [0.05, 0.1) is 19.0 Å². The number of hydrogen-bond acceptors (Lipinski definition) is 8. The summed E-state index contributed by atoms with van der Waals surface area (Å²) in [6.45, 7) is 0.255. The van der Waals surface area contributed by atoms with E-state index in [4.69, 9.17) is 27.4 Å². The maximum atomic E-state index is 10.3. The Hall–Kier alpha value is -1.45. The summed E-state index contributed by atoms with van der Waals surface area (Å²) in [4.78, 5) is 11.1. The Morgan fingerprint density at radius 1 is 1.68 bits per heavy atom. The lowest BCUT2D eigenvalue weighted by Crippen LogP contribution is -2.19. The molecule has 0 bridgehead atoms. The summed E-state index contributed by atoms with van der Waals surface area (Å²) < 4.78 is 23.1. The summed E-state index contributed by atoms with van der Waals surface area (Å²) in [5.41, 5.74) is 6.74. The maximum Gasteiger partial charge on any atom is 0.200 e. The summed E-state index contributed by atoms with van der Waals surface area (Å²) in [5, 5.41) is 10.2. The van der Waals surface area contributed by atoms with Crippen LogP contribution < -0.4 is 5.73 Å². The third kappa shape index (κ3) is 2.88. The van der Waals surface area contributed by atoms with Crippen molar-refractivity contribution in [2.24, 2.45) is 0 Å². The summed E-state index contributed by atoms with van der Waals surface area (Å²) in [6.07, 6.45) is 0.319. The van der Waals surface area contributed by atoms with Crippen LogP contribution in [0.2, 0.25) is 0 Å². The van der Waals surface area contributed by atoms with E-state index in [1.165, 1.54) is 6.33 Å². The molecule has 1 aliphatic heterocycles. The van der Waals surface area contributed by atoms with E-state index in [0.29, 0.717) is 23.4 Å². The normalized spacial score (nSPS) is 25.2. The van der Waals surface area contributed by atoms with Gasteiger partial charge in [0.2, 0.25) is 0 Å². The van der Waals surface area contributed by atoms with Gasteiger partial charge in [-0.3, -0.25) is 9.13 Å². The molecule has 2 aromatic rings. The van der Waals surface area contributed by atoms with Crippen LogP contribution in [-0.2, 0) is 14.0 Å². The number of nitrogens with zero attached hydrogens (tertiary/aromatic N) is 3. The molecule has 22 heavy (non-hydrogen) atoms. The second-order valence-corrected chi connectivity index (χ2v) is 5.76. The Bertz CT molecular complexity index is 750. The molecule has 3 heterocycles. The lowest BCUT2D eigenvalue weighted by molar-refractivity contribution is -0.0557. The zero-order chi connectivity index (χ0) is 15.7. The summed E-state index contributed by atoms with van der Waals surface area (Å²) in [6, 6.07) is 0. The van der Waals surface area contributed by atoms with Gasteiger partial charge in [-0.25, -0.2) is 4.98 Å². The van der Waals surface area contributed by atoms with Crippen molar-refractivity contribution >= 4 is 37.7 Å². The second-order valence-electron chi connectivity index (χ2n) is 4.86. The summed E-state index contributed by atoms with van der Waals surface area (Å²) in [5.74, 6) is 0.315. The van der Waals surface area contributed by atoms with E-state index in [1.807, 2.05) is 0 Å². The molecule has 9 nitrogen and oxygen atoms in total. The van der Waals surface area contributed by atoms with Crippen molar-refractivity contribution in [3.63, 3.8) is 0 Å². The van der Waals surface area contributed by atoms with Crippen molar-refractivity contribution < 1.29 is 19.1 Å². The number of anilines is 1. The van der Waals surface area contributed by atoms with E-state index in [-0.39, 0.29) is 32.3 Å². The minimum Gasteiger partial charge on any atom is -0.388 e. The molecule has 2 aromatic heterocycles. The highest BCUT2D eigenvalue weighted by Crippen LogP contribution is 2.31. The van der Waals surface area contributed by atoms with Crippen molar-refractivity contribution in [1.29, 1.82) is 0 Å². The summed E-state index contributed by atoms with van der Waals surface area (Å²) in [7, 11) is -0.0846. The molecular weight excluding hydrogens is 329 g/mol. The SMILES string of the molecule is Nc1[nH]c(=S)nc2c1ncn2C1OC(COCP=O)CC1O. The number of imidazole rings is 1. The molecule has 0 amide bonds. The monoisotopic (exact) mass is 343 g/mol. The fourth-order valence-corrected chi connectivity index (χ4v) is 2.83. The Morgan fingerprint density at radius 3 is 3.27 bits per heavy atom. The van der Waals surface area contributed by atoms with Gasteiger partial charge in [-0.05, 0) is 12.2 Å². The molecular formula is C11H14N5O4PS. The van der Waals surface area contributed by atoms with Gasteiger partial charge in [0.15, 0.2) is 25.1 Å². The molecule has 0 aromatic carbocycles.